The van der Waals surface area contributed by atoms with Gasteiger partial charge in [0.25, 0.3) is 0 Å². The van der Waals surface area contributed by atoms with E-state index in [2.05, 4.69) is 5.32 Å². The SMILES string of the molecule is COc1ccccc1CC(=O)NCCCCCCl. The average molecular weight is 270 g/mol. The molecule has 0 fully saturated rings. The number of carbonyl (C=O) groups excluding carboxylic acids is 1. The van der Waals surface area contributed by atoms with Gasteiger partial charge in [0.1, 0.15) is 5.75 Å². The maximum absolute atomic E-state index is 11.7. The Balaban J connectivity index is 2.31. The third-order valence-corrected chi connectivity index (χ3v) is 2.94. The monoisotopic (exact) mass is 269 g/mol. The van der Waals surface area contributed by atoms with Crippen LogP contribution in [0.4, 0.5) is 0 Å². The van der Waals surface area contributed by atoms with Gasteiger partial charge in [-0.15, -0.1) is 11.6 Å². The first-order chi connectivity index (χ1) is 8.77. The van der Waals surface area contributed by atoms with Crippen LogP contribution in [0, 0.1) is 0 Å². The topological polar surface area (TPSA) is 38.3 Å². The van der Waals surface area contributed by atoms with Crippen molar-refractivity contribution in [2.24, 2.45) is 0 Å². The molecule has 0 spiro atoms. The molecule has 0 saturated heterocycles. The van der Waals surface area contributed by atoms with Gasteiger partial charge in [-0.3, -0.25) is 4.79 Å². The number of hydrogen-bond acceptors (Lipinski definition) is 2. The van der Waals surface area contributed by atoms with Gasteiger partial charge in [-0.05, 0) is 18.9 Å². The third kappa shape index (κ3) is 5.41. The van der Waals surface area contributed by atoms with Gasteiger partial charge in [-0.25, -0.2) is 0 Å². The number of halogens is 1. The lowest BCUT2D eigenvalue weighted by molar-refractivity contribution is -0.120. The van der Waals surface area contributed by atoms with E-state index in [1.54, 1.807) is 7.11 Å². The molecule has 0 aliphatic carbocycles. The van der Waals surface area contributed by atoms with E-state index in [0.717, 1.165) is 30.6 Å². The summed E-state index contributed by atoms with van der Waals surface area (Å²) in [7, 11) is 1.61. The maximum atomic E-state index is 11.7. The highest BCUT2D eigenvalue weighted by molar-refractivity contribution is 6.17. The first kappa shape index (κ1) is 14.8. The zero-order valence-corrected chi connectivity index (χ0v) is 11.5. The van der Waals surface area contributed by atoms with Crippen LogP contribution in [0.2, 0.25) is 0 Å². The van der Waals surface area contributed by atoms with E-state index in [1.165, 1.54) is 0 Å². The van der Waals surface area contributed by atoms with Gasteiger partial charge in [0.05, 0.1) is 13.5 Å². The second kappa shape index (κ2) is 8.81. The predicted molar refractivity (Wildman–Crippen MR) is 74.3 cm³/mol. The first-order valence-electron chi connectivity index (χ1n) is 6.22. The number of alkyl halides is 1. The van der Waals surface area contributed by atoms with E-state index in [0.29, 0.717) is 18.8 Å². The lowest BCUT2D eigenvalue weighted by Crippen LogP contribution is -2.26. The quantitative estimate of drug-likeness (QED) is 0.582. The molecule has 1 N–H and O–H groups in total. The van der Waals surface area contributed by atoms with Crippen molar-refractivity contribution in [1.82, 2.24) is 5.32 Å². The lowest BCUT2D eigenvalue weighted by Gasteiger charge is -2.08. The molecule has 1 amide bonds. The molecular weight excluding hydrogens is 250 g/mol. The largest absolute Gasteiger partial charge is 0.496 e. The molecule has 3 nitrogen and oxygen atoms in total. The number of rotatable bonds is 8. The fourth-order valence-electron chi connectivity index (χ4n) is 1.71. The van der Waals surface area contributed by atoms with Crippen molar-refractivity contribution in [3.63, 3.8) is 0 Å². The predicted octanol–water partition coefficient (Wildman–Crippen LogP) is 2.76. The molecule has 0 aliphatic heterocycles. The van der Waals surface area contributed by atoms with Gasteiger partial charge in [-0.2, -0.15) is 0 Å². The summed E-state index contributed by atoms with van der Waals surface area (Å²) in [6.45, 7) is 0.713. The van der Waals surface area contributed by atoms with E-state index >= 15 is 0 Å². The molecular formula is C14H20ClNO2. The van der Waals surface area contributed by atoms with Gasteiger partial charge < -0.3 is 10.1 Å². The van der Waals surface area contributed by atoms with E-state index in [-0.39, 0.29) is 5.91 Å². The Kier molecular flexibility index (Phi) is 7.26. The molecule has 0 bridgehead atoms. The van der Waals surface area contributed by atoms with Gasteiger partial charge in [0.15, 0.2) is 0 Å². The fraction of sp³-hybridized carbons (Fsp3) is 0.500. The smallest absolute Gasteiger partial charge is 0.224 e. The minimum Gasteiger partial charge on any atom is -0.496 e. The summed E-state index contributed by atoms with van der Waals surface area (Å²) in [5, 5.41) is 2.90. The van der Waals surface area contributed by atoms with Crippen LogP contribution in [0.15, 0.2) is 24.3 Å². The van der Waals surface area contributed by atoms with Crippen molar-refractivity contribution >= 4 is 17.5 Å². The summed E-state index contributed by atoms with van der Waals surface area (Å²) in [5.41, 5.74) is 0.915. The number of amides is 1. The molecule has 0 heterocycles. The van der Waals surface area contributed by atoms with Crippen LogP contribution in [0.3, 0.4) is 0 Å². The molecule has 1 aromatic rings. The second-order valence-electron chi connectivity index (χ2n) is 4.09. The number of carbonyl (C=O) groups is 1. The molecule has 18 heavy (non-hydrogen) atoms. The Morgan fingerprint density at radius 3 is 2.78 bits per heavy atom. The molecule has 4 heteroatoms. The van der Waals surface area contributed by atoms with E-state index in [1.807, 2.05) is 24.3 Å². The molecule has 100 valence electrons. The molecule has 0 aliphatic rings. The summed E-state index contributed by atoms with van der Waals surface area (Å²) in [5.74, 6) is 1.48. The zero-order valence-electron chi connectivity index (χ0n) is 10.7. The average Bonchev–Trinajstić information content (AvgIpc) is 2.39. The number of methoxy groups -OCH3 is 1. The molecule has 0 unspecified atom stereocenters. The summed E-state index contributed by atoms with van der Waals surface area (Å²) >= 11 is 5.58. The van der Waals surface area contributed by atoms with Crippen molar-refractivity contribution < 1.29 is 9.53 Å². The Morgan fingerprint density at radius 2 is 2.06 bits per heavy atom. The zero-order chi connectivity index (χ0) is 13.2. The number of nitrogens with one attached hydrogen (secondary N) is 1. The summed E-state index contributed by atoms with van der Waals surface area (Å²) in [4.78, 5) is 11.7. The van der Waals surface area contributed by atoms with Gasteiger partial charge >= 0.3 is 0 Å². The maximum Gasteiger partial charge on any atom is 0.224 e. The Hall–Kier alpha value is -1.22. The van der Waals surface area contributed by atoms with E-state index in [4.69, 9.17) is 16.3 Å². The van der Waals surface area contributed by atoms with Crippen LogP contribution in [0.25, 0.3) is 0 Å². The molecule has 1 aromatic carbocycles. The molecule has 0 saturated carbocycles. The number of ether oxygens (including phenoxy) is 1. The van der Waals surface area contributed by atoms with Crippen molar-refractivity contribution in [2.45, 2.75) is 25.7 Å². The van der Waals surface area contributed by atoms with Crippen molar-refractivity contribution in [1.29, 1.82) is 0 Å². The van der Waals surface area contributed by atoms with Crippen LogP contribution >= 0.6 is 11.6 Å². The first-order valence-corrected chi connectivity index (χ1v) is 6.76. The highest BCUT2D eigenvalue weighted by atomic mass is 35.5. The number of hydrogen-bond donors (Lipinski definition) is 1. The number of benzene rings is 1. The third-order valence-electron chi connectivity index (χ3n) is 2.68. The standard InChI is InChI=1S/C14H20ClNO2/c1-18-13-8-4-3-7-12(13)11-14(17)16-10-6-2-5-9-15/h3-4,7-8H,2,5-6,9-11H2,1H3,(H,16,17). The number of para-hydroxylation sites is 1. The Morgan fingerprint density at radius 1 is 1.28 bits per heavy atom. The summed E-state index contributed by atoms with van der Waals surface area (Å²) in [6, 6.07) is 7.58. The summed E-state index contributed by atoms with van der Waals surface area (Å²) in [6.07, 6.45) is 3.40. The van der Waals surface area contributed by atoms with Crippen LogP contribution in [0.5, 0.6) is 5.75 Å². The lowest BCUT2D eigenvalue weighted by atomic mass is 10.1. The van der Waals surface area contributed by atoms with Crippen molar-refractivity contribution in [3.8, 4) is 5.75 Å². The van der Waals surface area contributed by atoms with Crippen molar-refractivity contribution in [2.75, 3.05) is 19.5 Å². The molecule has 0 aromatic heterocycles. The molecule has 1 rings (SSSR count). The minimum atomic E-state index is 0.0328. The Labute approximate surface area is 113 Å². The van der Waals surface area contributed by atoms with E-state index in [9.17, 15) is 4.79 Å². The normalized spacial score (nSPS) is 10.1. The highest BCUT2D eigenvalue weighted by Gasteiger charge is 2.07. The van der Waals surface area contributed by atoms with Crippen LogP contribution < -0.4 is 10.1 Å². The van der Waals surface area contributed by atoms with Crippen LogP contribution in [0.1, 0.15) is 24.8 Å². The van der Waals surface area contributed by atoms with Crippen molar-refractivity contribution in [3.05, 3.63) is 29.8 Å². The summed E-state index contributed by atoms with van der Waals surface area (Å²) < 4.78 is 5.21. The van der Waals surface area contributed by atoms with Crippen LogP contribution in [-0.4, -0.2) is 25.4 Å². The van der Waals surface area contributed by atoms with E-state index < -0.39 is 0 Å². The van der Waals surface area contributed by atoms with Gasteiger partial charge in [-0.1, -0.05) is 24.6 Å². The molecule has 0 atom stereocenters. The van der Waals surface area contributed by atoms with Crippen LogP contribution in [-0.2, 0) is 11.2 Å². The Bertz CT molecular complexity index is 369. The highest BCUT2D eigenvalue weighted by Crippen LogP contribution is 2.17. The number of unbranched alkanes of at least 4 members (excludes halogenated alkanes) is 2. The minimum absolute atomic E-state index is 0.0328. The molecule has 0 radical (unpaired) electrons. The second-order valence-corrected chi connectivity index (χ2v) is 4.47. The fourth-order valence-corrected chi connectivity index (χ4v) is 1.90. The van der Waals surface area contributed by atoms with Gasteiger partial charge in [0.2, 0.25) is 5.91 Å². The van der Waals surface area contributed by atoms with Gasteiger partial charge in [0, 0.05) is 18.0 Å².